The predicted molar refractivity (Wildman–Crippen MR) is 68.4 cm³/mol. The summed E-state index contributed by atoms with van der Waals surface area (Å²) in [6.07, 6.45) is 10.5. The van der Waals surface area contributed by atoms with Gasteiger partial charge in [-0.25, -0.2) is 0 Å². The van der Waals surface area contributed by atoms with Crippen molar-refractivity contribution in [1.29, 1.82) is 0 Å². The Hall–Kier alpha value is -0.0400. The summed E-state index contributed by atoms with van der Waals surface area (Å²) in [4.78, 5) is 0. The number of rotatable bonds is 3. The van der Waals surface area contributed by atoms with Crippen molar-refractivity contribution < 1.29 is 0 Å². The Labute approximate surface area is 100 Å². The van der Waals surface area contributed by atoms with E-state index in [1.165, 1.54) is 25.7 Å². The molecule has 0 aliphatic heterocycles. The molecule has 4 aliphatic carbocycles. The van der Waals surface area contributed by atoms with Gasteiger partial charge in [-0.2, -0.15) is 0 Å². The summed E-state index contributed by atoms with van der Waals surface area (Å²) in [6.45, 7) is 7.06. The van der Waals surface area contributed by atoms with Gasteiger partial charge in [0.1, 0.15) is 0 Å². The van der Waals surface area contributed by atoms with Crippen molar-refractivity contribution in [2.75, 3.05) is 0 Å². The van der Waals surface area contributed by atoms with Crippen LogP contribution in [-0.4, -0.2) is 11.6 Å². The predicted octanol–water partition coefficient (Wildman–Crippen LogP) is 3.73. The molecule has 2 atom stereocenters. The molecular formula is C15H27N. The first-order valence-electron chi connectivity index (χ1n) is 7.32. The fraction of sp³-hybridized carbons (Fsp3) is 1.00. The minimum absolute atomic E-state index is 0.536. The van der Waals surface area contributed by atoms with E-state index in [4.69, 9.17) is 0 Å². The highest BCUT2D eigenvalue weighted by atomic mass is 15.0. The first-order valence-corrected chi connectivity index (χ1v) is 7.32. The Kier molecular flexibility index (Phi) is 2.41. The molecule has 0 aromatic heterocycles. The second-order valence-corrected chi connectivity index (χ2v) is 7.39. The molecule has 0 saturated heterocycles. The quantitative estimate of drug-likeness (QED) is 0.765. The fourth-order valence-electron chi connectivity index (χ4n) is 5.65. The van der Waals surface area contributed by atoms with Crippen molar-refractivity contribution in [1.82, 2.24) is 5.32 Å². The van der Waals surface area contributed by atoms with Crippen LogP contribution < -0.4 is 5.32 Å². The Morgan fingerprint density at radius 2 is 1.75 bits per heavy atom. The third-order valence-electron chi connectivity index (χ3n) is 5.53. The molecule has 4 bridgehead atoms. The minimum atomic E-state index is 0.536. The van der Waals surface area contributed by atoms with Crippen LogP contribution in [-0.2, 0) is 0 Å². The summed E-state index contributed by atoms with van der Waals surface area (Å²) in [5.74, 6) is 2.10. The van der Waals surface area contributed by atoms with Crippen molar-refractivity contribution in [3.8, 4) is 0 Å². The van der Waals surface area contributed by atoms with Crippen LogP contribution in [0.5, 0.6) is 0 Å². The van der Waals surface area contributed by atoms with Crippen molar-refractivity contribution in [3.05, 3.63) is 0 Å². The van der Waals surface area contributed by atoms with Crippen LogP contribution in [0.25, 0.3) is 0 Å². The van der Waals surface area contributed by atoms with E-state index in [2.05, 4.69) is 26.1 Å². The van der Waals surface area contributed by atoms with Gasteiger partial charge in [-0.15, -0.1) is 0 Å². The van der Waals surface area contributed by atoms with Crippen molar-refractivity contribution in [3.63, 3.8) is 0 Å². The zero-order valence-electron chi connectivity index (χ0n) is 11.2. The molecule has 4 saturated carbocycles. The average Bonchev–Trinajstić information content (AvgIpc) is 2.13. The first-order chi connectivity index (χ1) is 7.55. The van der Waals surface area contributed by atoms with Crippen LogP contribution in [0.15, 0.2) is 0 Å². The molecule has 0 radical (unpaired) electrons. The summed E-state index contributed by atoms with van der Waals surface area (Å²) in [5.41, 5.74) is 1.26. The summed E-state index contributed by atoms with van der Waals surface area (Å²) < 4.78 is 0. The monoisotopic (exact) mass is 221 g/mol. The highest BCUT2D eigenvalue weighted by Crippen LogP contribution is 2.62. The number of hydrogen-bond acceptors (Lipinski definition) is 1. The van der Waals surface area contributed by atoms with E-state index in [0.29, 0.717) is 11.6 Å². The molecule has 1 nitrogen and oxygen atoms in total. The second kappa shape index (κ2) is 3.48. The van der Waals surface area contributed by atoms with Gasteiger partial charge in [-0.3, -0.25) is 0 Å². The lowest BCUT2D eigenvalue weighted by Gasteiger charge is -2.63. The van der Waals surface area contributed by atoms with Gasteiger partial charge in [-0.05, 0) is 55.8 Å². The number of nitrogens with one attached hydrogen (secondary N) is 1. The highest BCUT2D eigenvalue weighted by Gasteiger charge is 2.56. The molecule has 2 unspecified atom stereocenters. The van der Waals surface area contributed by atoms with Crippen molar-refractivity contribution >= 4 is 0 Å². The van der Waals surface area contributed by atoms with Crippen LogP contribution in [0.3, 0.4) is 0 Å². The molecule has 1 N–H and O–H groups in total. The summed E-state index contributed by atoms with van der Waals surface area (Å²) >= 11 is 0. The van der Waals surface area contributed by atoms with E-state index >= 15 is 0 Å². The molecule has 4 fully saturated rings. The van der Waals surface area contributed by atoms with Gasteiger partial charge < -0.3 is 5.32 Å². The lowest BCUT2D eigenvalue weighted by atomic mass is 9.46. The van der Waals surface area contributed by atoms with Gasteiger partial charge >= 0.3 is 0 Å². The highest BCUT2D eigenvalue weighted by molar-refractivity contribution is 5.11. The van der Waals surface area contributed by atoms with Crippen LogP contribution in [0, 0.1) is 17.3 Å². The Morgan fingerprint density at radius 1 is 1.12 bits per heavy atom. The lowest BCUT2D eigenvalue weighted by Crippen LogP contribution is -2.63. The molecule has 4 aliphatic rings. The van der Waals surface area contributed by atoms with Gasteiger partial charge in [0.25, 0.3) is 0 Å². The standard InChI is InChI=1S/C15H27N/c1-4-14-6-12-5-13(7-14)9-15(8-12,10-14)16-11(2)3/h11-13,16H,4-10H2,1-3H3. The normalized spacial score (nSPS) is 50.2. The first kappa shape index (κ1) is 11.1. The third-order valence-corrected chi connectivity index (χ3v) is 5.53. The van der Waals surface area contributed by atoms with Gasteiger partial charge in [-0.1, -0.05) is 27.2 Å². The number of hydrogen-bond donors (Lipinski definition) is 1. The van der Waals surface area contributed by atoms with E-state index in [9.17, 15) is 0 Å². The molecule has 0 aromatic rings. The SMILES string of the molecule is CCC12CC3CC(C1)CC(NC(C)C)(C3)C2. The van der Waals surface area contributed by atoms with Crippen molar-refractivity contribution in [2.24, 2.45) is 17.3 Å². The smallest absolute Gasteiger partial charge is 0.0194 e. The average molecular weight is 221 g/mol. The molecule has 1 heteroatoms. The van der Waals surface area contributed by atoms with E-state index in [1.54, 1.807) is 19.3 Å². The molecule has 0 aromatic carbocycles. The Bertz CT molecular complexity index is 262. The van der Waals surface area contributed by atoms with Gasteiger partial charge in [0, 0.05) is 11.6 Å². The molecule has 92 valence electrons. The third kappa shape index (κ3) is 1.63. The molecule has 0 heterocycles. The van der Waals surface area contributed by atoms with Crippen molar-refractivity contribution in [2.45, 2.75) is 77.3 Å². The Morgan fingerprint density at radius 3 is 2.25 bits per heavy atom. The zero-order valence-corrected chi connectivity index (χ0v) is 11.2. The molecule has 0 spiro atoms. The van der Waals surface area contributed by atoms with Crippen LogP contribution in [0.4, 0.5) is 0 Å². The topological polar surface area (TPSA) is 12.0 Å². The van der Waals surface area contributed by atoms with Crippen LogP contribution >= 0.6 is 0 Å². The maximum atomic E-state index is 3.95. The van der Waals surface area contributed by atoms with E-state index in [1.807, 2.05) is 0 Å². The van der Waals surface area contributed by atoms with E-state index in [-0.39, 0.29) is 0 Å². The largest absolute Gasteiger partial charge is 0.309 e. The van der Waals surface area contributed by atoms with Crippen LogP contribution in [0.2, 0.25) is 0 Å². The summed E-state index contributed by atoms with van der Waals surface area (Å²) in [5, 5.41) is 3.95. The minimum Gasteiger partial charge on any atom is -0.309 e. The molecule has 4 rings (SSSR count). The van der Waals surface area contributed by atoms with Gasteiger partial charge in [0.2, 0.25) is 0 Å². The summed E-state index contributed by atoms with van der Waals surface area (Å²) in [7, 11) is 0. The van der Waals surface area contributed by atoms with Crippen LogP contribution in [0.1, 0.15) is 65.7 Å². The second-order valence-electron chi connectivity index (χ2n) is 7.39. The zero-order chi connectivity index (χ0) is 11.4. The molecule has 0 amide bonds. The van der Waals surface area contributed by atoms with E-state index in [0.717, 1.165) is 17.3 Å². The lowest BCUT2D eigenvalue weighted by molar-refractivity contribution is -0.0858. The molecular weight excluding hydrogens is 194 g/mol. The van der Waals surface area contributed by atoms with E-state index < -0.39 is 0 Å². The maximum Gasteiger partial charge on any atom is 0.0194 e. The maximum absolute atomic E-state index is 3.95. The van der Waals surface area contributed by atoms with Gasteiger partial charge in [0.05, 0.1) is 0 Å². The fourth-order valence-corrected chi connectivity index (χ4v) is 5.65. The molecule has 16 heavy (non-hydrogen) atoms. The Balaban J connectivity index is 1.86. The van der Waals surface area contributed by atoms with Gasteiger partial charge in [0.15, 0.2) is 0 Å². The summed E-state index contributed by atoms with van der Waals surface area (Å²) in [6, 6.07) is 0.658.